The zero-order chi connectivity index (χ0) is 19.6. The van der Waals surface area contributed by atoms with Crippen molar-refractivity contribution < 1.29 is 22.7 Å². The van der Waals surface area contributed by atoms with Crippen LogP contribution in [0.5, 0.6) is 0 Å². The quantitative estimate of drug-likeness (QED) is 0.714. The minimum absolute atomic E-state index is 0.0679. The summed E-state index contributed by atoms with van der Waals surface area (Å²) >= 11 is 0. The number of hydrogen-bond donors (Lipinski definition) is 0. The van der Waals surface area contributed by atoms with Crippen LogP contribution in [-0.4, -0.2) is 50.8 Å². The van der Waals surface area contributed by atoms with E-state index >= 15 is 0 Å². The molecule has 1 aromatic rings. The van der Waals surface area contributed by atoms with E-state index in [2.05, 4.69) is 0 Å². The van der Waals surface area contributed by atoms with Crippen LogP contribution in [0, 0.1) is 12.8 Å². The largest absolute Gasteiger partial charge is 0.466 e. The molecule has 0 radical (unpaired) electrons. The van der Waals surface area contributed by atoms with E-state index in [9.17, 15) is 18.0 Å². The second kappa shape index (κ2) is 7.98. The maximum atomic E-state index is 13.1. The van der Waals surface area contributed by atoms with Crippen molar-refractivity contribution >= 4 is 27.6 Å². The number of ether oxygens (including phenoxy) is 1. The fourth-order valence-corrected chi connectivity index (χ4v) is 5.49. The normalized spacial score (nSPS) is 21.5. The van der Waals surface area contributed by atoms with Crippen molar-refractivity contribution in [1.29, 1.82) is 0 Å². The van der Waals surface area contributed by atoms with Gasteiger partial charge in [0.15, 0.2) is 0 Å². The summed E-state index contributed by atoms with van der Waals surface area (Å²) < 4.78 is 32.7. The third kappa shape index (κ3) is 4.01. The third-order valence-electron chi connectivity index (χ3n) is 5.17. The fraction of sp³-hybridized carbons (Fsp3) is 0.579. The van der Waals surface area contributed by atoms with Crippen molar-refractivity contribution in [3.63, 3.8) is 0 Å². The Bertz CT molecular complexity index is 837. The highest BCUT2D eigenvalue weighted by Gasteiger charge is 2.35. The second-order valence-corrected chi connectivity index (χ2v) is 8.96. The topological polar surface area (TPSA) is 84.0 Å². The third-order valence-corrected chi connectivity index (χ3v) is 7.19. The lowest BCUT2D eigenvalue weighted by atomic mass is 10.0. The first-order valence-electron chi connectivity index (χ1n) is 9.42. The van der Waals surface area contributed by atoms with Crippen LogP contribution in [0.15, 0.2) is 23.1 Å². The molecule has 1 atom stereocenters. The zero-order valence-corrected chi connectivity index (χ0v) is 16.6. The molecule has 0 saturated carbocycles. The number of hydrogen-bond acceptors (Lipinski definition) is 5. The van der Waals surface area contributed by atoms with Gasteiger partial charge >= 0.3 is 5.97 Å². The molecule has 8 heteroatoms. The smallest absolute Gasteiger partial charge is 0.310 e. The minimum Gasteiger partial charge on any atom is -0.466 e. The van der Waals surface area contributed by atoms with Crippen LogP contribution in [0.4, 0.5) is 5.69 Å². The summed E-state index contributed by atoms with van der Waals surface area (Å²) in [6, 6.07) is 5.01. The molecule has 0 aliphatic carbocycles. The van der Waals surface area contributed by atoms with Crippen molar-refractivity contribution in [1.82, 2.24) is 4.31 Å². The maximum Gasteiger partial charge on any atom is 0.310 e. The molecule has 2 heterocycles. The lowest BCUT2D eigenvalue weighted by Crippen LogP contribution is -2.42. The number of rotatable bonds is 5. The summed E-state index contributed by atoms with van der Waals surface area (Å²) in [7, 11) is -3.71. The molecule has 148 valence electrons. The summed E-state index contributed by atoms with van der Waals surface area (Å²) in [6.45, 7) is 4.97. The van der Waals surface area contributed by atoms with Crippen molar-refractivity contribution in [2.75, 3.05) is 31.1 Å². The number of sulfonamides is 1. The van der Waals surface area contributed by atoms with E-state index in [1.807, 2.05) is 0 Å². The monoisotopic (exact) mass is 394 g/mol. The first kappa shape index (κ1) is 19.8. The Morgan fingerprint density at radius 2 is 2.04 bits per heavy atom. The van der Waals surface area contributed by atoms with Gasteiger partial charge < -0.3 is 9.64 Å². The number of anilines is 1. The number of carbonyl (C=O) groups excluding carboxylic acids is 2. The fourth-order valence-electron chi connectivity index (χ4n) is 3.76. The molecule has 0 N–H and O–H groups in total. The molecule has 27 heavy (non-hydrogen) atoms. The number of carbonyl (C=O) groups is 2. The molecule has 2 fully saturated rings. The first-order valence-corrected chi connectivity index (χ1v) is 10.9. The van der Waals surface area contributed by atoms with Gasteiger partial charge in [-0.3, -0.25) is 9.59 Å². The number of esters is 1. The number of amides is 1. The molecule has 0 spiro atoms. The van der Waals surface area contributed by atoms with E-state index in [1.165, 1.54) is 4.31 Å². The Hall–Kier alpha value is -1.93. The molecule has 0 bridgehead atoms. The van der Waals surface area contributed by atoms with Crippen molar-refractivity contribution in [2.24, 2.45) is 5.92 Å². The number of nitrogens with zero attached hydrogens (tertiary/aromatic N) is 2. The molecule has 7 nitrogen and oxygen atoms in total. The van der Waals surface area contributed by atoms with Gasteiger partial charge in [-0.1, -0.05) is 0 Å². The van der Waals surface area contributed by atoms with Gasteiger partial charge in [0, 0.05) is 31.7 Å². The van der Waals surface area contributed by atoms with E-state index in [0.717, 1.165) is 12.1 Å². The van der Waals surface area contributed by atoms with Crippen LogP contribution in [0.1, 0.15) is 38.2 Å². The molecule has 2 aliphatic heterocycles. The van der Waals surface area contributed by atoms with E-state index < -0.39 is 15.9 Å². The first-order chi connectivity index (χ1) is 12.8. The molecule has 1 aromatic carbocycles. The van der Waals surface area contributed by atoms with E-state index in [4.69, 9.17) is 4.74 Å². The SMILES string of the molecule is CCOC(=O)C1CCCN(S(=O)(=O)c2ccc(N3CCCC3=O)cc2C)C1. The van der Waals surface area contributed by atoms with Crippen LogP contribution in [0.25, 0.3) is 0 Å². The molecule has 3 rings (SSSR count). The summed E-state index contributed by atoms with van der Waals surface area (Å²) in [5.41, 5.74) is 1.34. The highest BCUT2D eigenvalue weighted by Crippen LogP contribution is 2.30. The Morgan fingerprint density at radius 1 is 1.26 bits per heavy atom. The zero-order valence-electron chi connectivity index (χ0n) is 15.8. The predicted octanol–water partition coefficient (Wildman–Crippen LogP) is 2.09. The van der Waals surface area contributed by atoms with Crippen molar-refractivity contribution in [3.8, 4) is 0 Å². The van der Waals surface area contributed by atoms with Crippen LogP contribution in [0.2, 0.25) is 0 Å². The minimum atomic E-state index is -3.71. The molecule has 1 amide bonds. The van der Waals surface area contributed by atoms with Gasteiger partial charge in [-0.05, 0) is 56.9 Å². The molecule has 1 unspecified atom stereocenters. The van der Waals surface area contributed by atoms with Gasteiger partial charge in [0.25, 0.3) is 0 Å². The summed E-state index contributed by atoms with van der Waals surface area (Å²) in [6.07, 6.45) is 2.62. The Labute approximate surface area is 160 Å². The Balaban J connectivity index is 1.82. The van der Waals surface area contributed by atoms with Gasteiger partial charge in [0.05, 0.1) is 17.4 Å². The van der Waals surface area contributed by atoms with Crippen LogP contribution in [0.3, 0.4) is 0 Å². The molecule has 2 aliphatic rings. The molecular weight excluding hydrogens is 368 g/mol. The number of benzene rings is 1. The lowest BCUT2D eigenvalue weighted by Gasteiger charge is -2.31. The highest BCUT2D eigenvalue weighted by atomic mass is 32.2. The van der Waals surface area contributed by atoms with Gasteiger partial charge in [0.2, 0.25) is 15.9 Å². The van der Waals surface area contributed by atoms with Crippen LogP contribution in [-0.2, 0) is 24.3 Å². The predicted molar refractivity (Wildman–Crippen MR) is 101 cm³/mol. The number of piperidine rings is 1. The van der Waals surface area contributed by atoms with Crippen molar-refractivity contribution in [2.45, 2.75) is 44.4 Å². The highest BCUT2D eigenvalue weighted by molar-refractivity contribution is 7.89. The second-order valence-electron chi connectivity index (χ2n) is 7.05. The molecule has 0 aromatic heterocycles. The number of aryl methyl sites for hydroxylation is 1. The summed E-state index contributed by atoms with van der Waals surface area (Å²) in [4.78, 5) is 25.9. The summed E-state index contributed by atoms with van der Waals surface area (Å²) in [5, 5.41) is 0. The standard InChI is InChI=1S/C19H26N2O5S/c1-3-26-19(23)15-6-4-10-20(13-15)27(24,25)17-9-8-16(12-14(17)2)21-11-5-7-18(21)22/h8-9,12,15H,3-7,10-11,13H2,1-2H3. The average Bonchev–Trinajstić information content (AvgIpc) is 3.07. The Kier molecular flexibility index (Phi) is 5.86. The molecular formula is C19H26N2O5S. The van der Waals surface area contributed by atoms with Gasteiger partial charge in [-0.25, -0.2) is 8.42 Å². The van der Waals surface area contributed by atoms with Gasteiger partial charge in [-0.2, -0.15) is 4.31 Å². The maximum absolute atomic E-state index is 13.1. The van der Waals surface area contributed by atoms with E-state index in [1.54, 1.807) is 36.9 Å². The lowest BCUT2D eigenvalue weighted by molar-refractivity contribution is -0.149. The van der Waals surface area contributed by atoms with Gasteiger partial charge in [0.1, 0.15) is 0 Å². The molecule has 2 saturated heterocycles. The van der Waals surface area contributed by atoms with E-state index in [-0.39, 0.29) is 29.9 Å². The van der Waals surface area contributed by atoms with Gasteiger partial charge in [-0.15, -0.1) is 0 Å². The van der Waals surface area contributed by atoms with Crippen LogP contribution >= 0.6 is 0 Å². The average molecular weight is 394 g/mol. The van der Waals surface area contributed by atoms with Crippen LogP contribution < -0.4 is 4.90 Å². The Morgan fingerprint density at radius 3 is 2.67 bits per heavy atom. The summed E-state index contributed by atoms with van der Waals surface area (Å²) in [5.74, 6) is -0.689. The van der Waals surface area contributed by atoms with E-state index in [0.29, 0.717) is 37.9 Å². The van der Waals surface area contributed by atoms with Crippen molar-refractivity contribution in [3.05, 3.63) is 23.8 Å².